The van der Waals surface area contributed by atoms with Crippen molar-refractivity contribution in [1.29, 1.82) is 0 Å². The number of ether oxygens (including phenoxy) is 2. The number of primary amides is 1. The van der Waals surface area contributed by atoms with Crippen molar-refractivity contribution in [2.45, 2.75) is 6.54 Å². The number of nitrogens with zero attached hydrogens (tertiary/aromatic N) is 5. The first-order valence-corrected chi connectivity index (χ1v) is 12.5. The molecule has 2 amide bonds. The Hall–Kier alpha value is -4.16. The molecule has 5 rings (SSSR count). The Morgan fingerprint density at radius 3 is 2.57 bits per heavy atom. The van der Waals surface area contributed by atoms with Crippen LogP contribution in [0.5, 0.6) is 10.8 Å². The quantitative estimate of drug-likeness (QED) is 0.380. The van der Waals surface area contributed by atoms with E-state index in [0.29, 0.717) is 10.8 Å². The normalized spacial score (nSPS) is 14.1. The van der Waals surface area contributed by atoms with E-state index in [1.54, 1.807) is 17.9 Å². The fraction of sp³-hybridized carbons (Fsp3) is 0.280. The number of benzene rings is 2. The van der Waals surface area contributed by atoms with Gasteiger partial charge in [-0.1, -0.05) is 23.5 Å². The highest BCUT2D eigenvalue weighted by atomic mass is 32.1. The molecule has 0 aliphatic carbocycles. The fourth-order valence-electron chi connectivity index (χ4n) is 4.24. The second kappa shape index (κ2) is 10.4. The lowest BCUT2D eigenvalue weighted by atomic mass is 10.2. The number of amides is 2. The molecule has 1 aliphatic rings. The first-order valence-electron chi connectivity index (χ1n) is 11.7. The van der Waals surface area contributed by atoms with E-state index in [4.69, 9.17) is 15.2 Å². The summed E-state index contributed by atoms with van der Waals surface area (Å²) in [5, 5.41) is 8.74. The van der Waals surface area contributed by atoms with Crippen LogP contribution in [0.25, 0.3) is 10.9 Å². The van der Waals surface area contributed by atoms with Gasteiger partial charge in [-0.05, 0) is 35.9 Å². The van der Waals surface area contributed by atoms with Crippen LogP contribution in [0, 0.1) is 0 Å². The molecule has 11 nitrogen and oxygen atoms in total. The molecule has 1 saturated heterocycles. The fourth-order valence-corrected chi connectivity index (χ4v) is 5.21. The third-order valence-corrected chi connectivity index (χ3v) is 7.07. The maximum atomic E-state index is 13.1. The zero-order valence-electron chi connectivity index (χ0n) is 20.5. The van der Waals surface area contributed by atoms with Gasteiger partial charge in [0.2, 0.25) is 5.06 Å². The number of aromatic nitrogens is 3. The molecule has 37 heavy (non-hydrogen) atoms. The van der Waals surface area contributed by atoms with Crippen LogP contribution in [0.15, 0.2) is 48.7 Å². The number of anilines is 2. The SMILES string of the molecule is COc1ccc(CN2CCN(c3nc(C(=O)Nc4ccc5nn(C)cc5c4)c(OC(N)=O)s3)CC2)cc1. The first kappa shape index (κ1) is 24.5. The molecule has 0 unspecified atom stereocenters. The third-order valence-electron chi connectivity index (χ3n) is 6.08. The number of nitrogens with two attached hydrogens (primary N) is 1. The van der Waals surface area contributed by atoms with E-state index in [0.717, 1.165) is 60.7 Å². The summed E-state index contributed by atoms with van der Waals surface area (Å²) in [7, 11) is 3.49. The van der Waals surface area contributed by atoms with E-state index in [1.807, 2.05) is 37.5 Å². The van der Waals surface area contributed by atoms with Crippen LogP contribution in [0.3, 0.4) is 0 Å². The van der Waals surface area contributed by atoms with Crippen molar-refractivity contribution >= 4 is 45.1 Å². The van der Waals surface area contributed by atoms with Crippen molar-refractivity contribution in [2.75, 3.05) is 43.5 Å². The van der Waals surface area contributed by atoms with Crippen LogP contribution in [-0.2, 0) is 13.6 Å². The van der Waals surface area contributed by atoms with Crippen molar-refractivity contribution in [1.82, 2.24) is 19.7 Å². The second-order valence-corrected chi connectivity index (χ2v) is 9.64. The molecular weight excluding hydrogens is 494 g/mol. The summed E-state index contributed by atoms with van der Waals surface area (Å²) in [6, 6.07) is 13.5. The topological polar surface area (TPSA) is 128 Å². The Kier molecular flexibility index (Phi) is 6.93. The molecule has 1 fully saturated rings. The number of thiazole rings is 1. The van der Waals surface area contributed by atoms with E-state index < -0.39 is 12.0 Å². The van der Waals surface area contributed by atoms with Gasteiger partial charge >= 0.3 is 6.09 Å². The largest absolute Gasteiger partial charge is 0.497 e. The van der Waals surface area contributed by atoms with E-state index in [1.165, 1.54) is 5.56 Å². The van der Waals surface area contributed by atoms with Crippen LogP contribution < -0.4 is 25.4 Å². The van der Waals surface area contributed by atoms with Crippen molar-refractivity contribution < 1.29 is 19.1 Å². The molecule has 192 valence electrons. The minimum absolute atomic E-state index is 0.0192. The summed E-state index contributed by atoms with van der Waals surface area (Å²) in [4.78, 5) is 33.6. The molecule has 3 N–H and O–H groups in total. The van der Waals surface area contributed by atoms with Crippen LogP contribution in [0.2, 0.25) is 0 Å². The van der Waals surface area contributed by atoms with Gasteiger partial charge < -0.3 is 25.4 Å². The standard InChI is InChI=1S/C25H27N7O4S/c1-30-15-17-13-18(5-8-20(17)29-30)27-22(33)21-23(36-24(26)34)37-25(28-21)32-11-9-31(10-12-32)14-16-3-6-19(35-2)7-4-16/h3-8,13,15H,9-12,14H2,1-2H3,(H2,26,34)(H,27,33). The smallest absolute Gasteiger partial charge is 0.410 e. The van der Waals surface area contributed by atoms with Crippen LogP contribution in [0.1, 0.15) is 16.1 Å². The van der Waals surface area contributed by atoms with Gasteiger partial charge in [-0.2, -0.15) is 5.10 Å². The third kappa shape index (κ3) is 5.65. The van der Waals surface area contributed by atoms with E-state index in [-0.39, 0.29) is 10.8 Å². The van der Waals surface area contributed by atoms with Crippen molar-refractivity contribution in [3.8, 4) is 10.8 Å². The molecule has 0 saturated carbocycles. The number of methoxy groups -OCH3 is 1. The number of carbonyl (C=O) groups is 2. The average molecular weight is 522 g/mol. The van der Waals surface area contributed by atoms with E-state index in [9.17, 15) is 9.59 Å². The minimum Gasteiger partial charge on any atom is -0.497 e. The Labute approximate surface area is 217 Å². The maximum Gasteiger partial charge on any atom is 0.410 e. The lowest BCUT2D eigenvalue weighted by Crippen LogP contribution is -2.46. The van der Waals surface area contributed by atoms with Crippen molar-refractivity contribution in [3.05, 3.63) is 59.9 Å². The molecule has 0 atom stereocenters. The molecular formula is C25H27N7O4S. The van der Waals surface area contributed by atoms with Crippen LogP contribution in [0.4, 0.5) is 15.6 Å². The van der Waals surface area contributed by atoms with Crippen LogP contribution >= 0.6 is 11.3 Å². The van der Waals surface area contributed by atoms with Crippen molar-refractivity contribution in [3.63, 3.8) is 0 Å². The Bertz CT molecular complexity index is 1420. The zero-order chi connectivity index (χ0) is 25.9. The molecule has 2 aromatic carbocycles. The summed E-state index contributed by atoms with van der Waals surface area (Å²) in [6.45, 7) is 3.92. The second-order valence-electron chi connectivity index (χ2n) is 8.70. The molecule has 0 radical (unpaired) electrons. The lowest BCUT2D eigenvalue weighted by Gasteiger charge is -2.34. The van der Waals surface area contributed by atoms with Gasteiger partial charge in [-0.25, -0.2) is 9.78 Å². The molecule has 0 spiro atoms. The van der Waals surface area contributed by atoms with Gasteiger partial charge in [-0.15, -0.1) is 0 Å². The highest BCUT2D eigenvalue weighted by Gasteiger charge is 2.26. The van der Waals surface area contributed by atoms with Crippen molar-refractivity contribution in [2.24, 2.45) is 12.8 Å². The van der Waals surface area contributed by atoms with Gasteiger partial charge in [-0.3, -0.25) is 14.4 Å². The lowest BCUT2D eigenvalue weighted by molar-refractivity contribution is 0.102. The average Bonchev–Trinajstić information content (AvgIpc) is 3.47. The predicted molar refractivity (Wildman–Crippen MR) is 141 cm³/mol. The number of nitrogens with one attached hydrogen (secondary N) is 1. The number of carbonyl (C=O) groups excluding carboxylic acids is 2. The highest BCUT2D eigenvalue weighted by Crippen LogP contribution is 2.34. The number of piperazine rings is 1. The number of hydrogen-bond acceptors (Lipinski definition) is 9. The Morgan fingerprint density at radius 1 is 1.11 bits per heavy atom. The molecule has 4 aromatic rings. The van der Waals surface area contributed by atoms with Crippen LogP contribution in [-0.4, -0.2) is 65.0 Å². The number of aryl methyl sites for hydroxylation is 1. The number of hydrogen-bond donors (Lipinski definition) is 2. The summed E-state index contributed by atoms with van der Waals surface area (Å²) in [6.07, 6.45) is 0.868. The van der Waals surface area contributed by atoms with Gasteiger partial charge in [0.05, 0.1) is 12.6 Å². The number of fused-ring (bicyclic) bond motifs is 1. The molecule has 3 heterocycles. The summed E-state index contributed by atoms with van der Waals surface area (Å²) < 4.78 is 12.1. The Balaban J connectivity index is 1.27. The monoisotopic (exact) mass is 521 g/mol. The summed E-state index contributed by atoms with van der Waals surface area (Å²) in [5.74, 6) is 0.351. The van der Waals surface area contributed by atoms with Gasteiger partial charge in [0, 0.05) is 57.0 Å². The van der Waals surface area contributed by atoms with E-state index >= 15 is 0 Å². The van der Waals surface area contributed by atoms with Gasteiger partial charge in [0.25, 0.3) is 5.91 Å². The Morgan fingerprint density at radius 2 is 1.86 bits per heavy atom. The molecule has 2 aromatic heterocycles. The molecule has 0 bridgehead atoms. The maximum absolute atomic E-state index is 13.1. The van der Waals surface area contributed by atoms with E-state index in [2.05, 4.69) is 37.3 Å². The summed E-state index contributed by atoms with van der Waals surface area (Å²) >= 11 is 1.13. The van der Waals surface area contributed by atoms with Gasteiger partial charge in [0.15, 0.2) is 10.8 Å². The zero-order valence-corrected chi connectivity index (χ0v) is 21.3. The minimum atomic E-state index is -0.995. The predicted octanol–water partition coefficient (Wildman–Crippen LogP) is 3.07. The molecule has 1 aliphatic heterocycles. The number of rotatable bonds is 7. The molecule has 12 heteroatoms. The first-order chi connectivity index (χ1) is 17.9. The highest BCUT2D eigenvalue weighted by molar-refractivity contribution is 7.17. The summed E-state index contributed by atoms with van der Waals surface area (Å²) in [5.41, 5.74) is 7.89. The van der Waals surface area contributed by atoms with Gasteiger partial charge in [0.1, 0.15) is 5.75 Å².